The molecule has 0 atom stereocenters. The Balaban J connectivity index is 2.23. The van der Waals surface area contributed by atoms with Gasteiger partial charge >= 0.3 is 12.0 Å². The highest BCUT2D eigenvalue weighted by molar-refractivity contribution is 5.79. The van der Waals surface area contributed by atoms with E-state index < -0.39 is 5.97 Å². The predicted octanol–water partition coefficient (Wildman–Crippen LogP) is 1.24. The van der Waals surface area contributed by atoms with Crippen molar-refractivity contribution in [3.8, 4) is 0 Å². The molecule has 92 valence electrons. The van der Waals surface area contributed by atoms with Gasteiger partial charge in [0.1, 0.15) is 0 Å². The van der Waals surface area contributed by atoms with Crippen LogP contribution in [0, 0.1) is 5.92 Å². The van der Waals surface area contributed by atoms with Crippen LogP contribution in [0.2, 0.25) is 0 Å². The number of urea groups is 1. The van der Waals surface area contributed by atoms with Gasteiger partial charge in [-0.2, -0.15) is 0 Å². The van der Waals surface area contributed by atoms with Gasteiger partial charge in [-0.05, 0) is 6.42 Å². The van der Waals surface area contributed by atoms with Crippen molar-refractivity contribution in [3.63, 3.8) is 0 Å². The minimum Gasteiger partial charge on any atom is -0.481 e. The second-order valence-electron chi connectivity index (χ2n) is 4.35. The Morgan fingerprint density at radius 3 is 2.50 bits per heavy atom. The molecular formula is C11H20N2O3. The van der Waals surface area contributed by atoms with E-state index in [-0.39, 0.29) is 11.9 Å². The molecule has 1 rings (SSSR count). The number of hydrogen-bond acceptors (Lipinski definition) is 2. The molecule has 1 aliphatic heterocycles. The van der Waals surface area contributed by atoms with Crippen LogP contribution in [0.1, 0.15) is 26.2 Å². The summed E-state index contributed by atoms with van der Waals surface area (Å²) in [5, 5.41) is 8.69. The molecule has 0 unspecified atom stereocenters. The topological polar surface area (TPSA) is 60.9 Å². The van der Waals surface area contributed by atoms with Crippen molar-refractivity contribution in [2.75, 3.05) is 26.7 Å². The fourth-order valence-corrected chi connectivity index (χ4v) is 1.73. The molecule has 1 aliphatic rings. The van der Waals surface area contributed by atoms with E-state index in [1.807, 2.05) is 0 Å². The lowest BCUT2D eigenvalue weighted by Gasteiger charge is -2.38. The number of amides is 2. The van der Waals surface area contributed by atoms with Crippen LogP contribution < -0.4 is 0 Å². The third-order valence-electron chi connectivity index (χ3n) is 2.92. The maximum atomic E-state index is 11.7. The Morgan fingerprint density at radius 1 is 1.38 bits per heavy atom. The molecule has 5 heteroatoms. The molecule has 0 bridgehead atoms. The first-order valence-corrected chi connectivity index (χ1v) is 5.79. The maximum Gasteiger partial charge on any atom is 0.319 e. The number of carboxylic acid groups (broad SMARTS) is 1. The van der Waals surface area contributed by atoms with Crippen LogP contribution in [-0.4, -0.2) is 53.6 Å². The van der Waals surface area contributed by atoms with Crippen molar-refractivity contribution in [3.05, 3.63) is 0 Å². The summed E-state index contributed by atoms with van der Waals surface area (Å²) in [6.07, 6.45) is 3.26. The van der Waals surface area contributed by atoms with Crippen molar-refractivity contribution in [1.29, 1.82) is 0 Å². The summed E-state index contributed by atoms with van der Waals surface area (Å²) >= 11 is 0. The average Bonchev–Trinajstić information content (AvgIpc) is 2.14. The van der Waals surface area contributed by atoms with Crippen molar-refractivity contribution in [2.45, 2.75) is 26.2 Å². The average molecular weight is 228 g/mol. The van der Waals surface area contributed by atoms with E-state index in [0.29, 0.717) is 13.1 Å². The summed E-state index contributed by atoms with van der Waals surface area (Å²) in [4.78, 5) is 25.6. The summed E-state index contributed by atoms with van der Waals surface area (Å²) in [5.74, 6) is -1.18. The van der Waals surface area contributed by atoms with E-state index in [0.717, 1.165) is 25.8 Å². The zero-order chi connectivity index (χ0) is 12.1. The van der Waals surface area contributed by atoms with Crippen LogP contribution in [0.4, 0.5) is 4.79 Å². The summed E-state index contributed by atoms with van der Waals surface area (Å²) in [6.45, 7) is 3.58. The molecule has 0 aliphatic carbocycles. The molecule has 0 aromatic rings. The molecule has 0 spiro atoms. The number of aliphatic carboxylic acids is 1. The summed E-state index contributed by atoms with van der Waals surface area (Å²) in [5.41, 5.74) is 0. The standard InChI is InChI=1S/C11H20N2O3/c1-3-4-5-6-12(2)11(16)13-7-9(8-13)10(14)15/h9H,3-8H2,1-2H3,(H,14,15). The van der Waals surface area contributed by atoms with Gasteiger partial charge in [0, 0.05) is 26.7 Å². The van der Waals surface area contributed by atoms with E-state index in [2.05, 4.69) is 6.92 Å². The molecule has 16 heavy (non-hydrogen) atoms. The lowest BCUT2D eigenvalue weighted by Crippen LogP contribution is -2.56. The van der Waals surface area contributed by atoms with Crippen molar-refractivity contribution in [2.24, 2.45) is 5.92 Å². The normalized spacial score (nSPS) is 15.8. The van der Waals surface area contributed by atoms with E-state index in [1.165, 1.54) is 0 Å². The van der Waals surface area contributed by atoms with Crippen molar-refractivity contribution in [1.82, 2.24) is 9.80 Å². The predicted molar refractivity (Wildman–Crippen MR) is 60.2 cm³/mol. The Kier molecular flexibility index (Phi) is 4.58. The van der Waals surface area contributed by atoms with E-state index in [1.54, 1.807) is 16.8 Å². The van der Waals surface area contributed by atoms with Gasteiger partial charge in [0.25, 0.3) is 0 Å². The van der Waals surface area contributed by atoms with Gasteiger partial charge in [-0.3, -0.25) is 4.79 Å². The number of carboxylic acids is 1. The van der Waals surface area contributed by atoms with Crippen molar-refractivity contribution < 1.29 is 14.7 Å². The lowest BCUT2D eigenvalue weighted by molar-refractivity contribution is -0.146. The summed E-state index contributed by atoms with van der Waals surface area (Å²) in [7, 11) is 1.77. The van der Waals surface area contributed by atoms with Crippen molar-refractivity contribution >= 4 is 12.0 Å². The van der Waals surface area contributed by atoms with Gasteiger partial charge in [-0.25, -0.2) is 4.79 Å². The first kappa shape index (κ1) is 12.8. The molecule has 2 amide bonds. The van der Waals surface area contributed by atoms with Crippen LogP contribution >= 0.6 is 0 Å². The molecule has 1 fully saturated rings. The maximum absolute atomic E-state index is 11.7. The highest BCUT2D eigenvalue weighted by Crippen LogP contribution is 2.17. The Morgan fingerprint density at radius 2 is 2.00 bits per heavy atom. The van der Waals surface area contributed by atoms with Gasteiger partial charge < -0.3 is 14.9 Å². The molecule has 0 saturated carbocycles. The van der Waals surface area contributed by atoms with Gasteiger partial charge in [0.2, 0.25) is 0 Å². The van der Waals surface area contributed by atoms with E-state index >= 15 is 0 Å². The number of likely N-dealkylation sites (tertiary alicyclic amines) is 1. The Hall–Kier alpha value is -1.26. The number of rotatable bonds is 5. The second-order valence-corrected chi connectivity index (χ2v) is 4.35. The number of hydrogen-bond donors (Lipinski definition) is 1. The largest absolute Gasteiger partial charge is 0.481 e. The minimum atomic E-state index is -0.808. The zero-order valence-electron chi connectivity index (χ0n) is 9.98. The number of carbonyl (C=O) groups is 2. The monoisotopic (exact) mass is 228 g/mol. The zero-order valence-corrected chi connectivity index (χ0v) is 9.98. The SMILES string of the molecule is CCCCCN(C)C(=O)N1CC(C(=O)O)C1. The summed E-state index contributed by atoms with van der Waals surface area (Å²) in [6, 6.07) is -0.0476. The van der Waals surface area contributed by atoms with Crippen LogP contribution in [0.3, 0.4) is 0 Å². The molecule has 1 heterocycles. The van der Waals surface area contributed by atoms with Crippen LogP contribution in [0.5, 0.6) is 0 Å². The van der Waals surface area contributed by atoms with E-state index in [9.17, 15) is 9.59 Å². The van der Waals surface area contributed by atoms with E-state index in [4.69, 9.17) is 5.11 Å². The fraction of sp³-hybridized carbons (Fsp3) is 0.818. The molecular weight excluding hydrogens is 208 g/mol. The highest BCUT2D eigenvalue weighted by atomic mass is 16.4. The number of nitrogens with zero attached hydrogens (tertiary/aromatic N) is 2. The van der Waals surface area contributed by atoms with Crippen LogP contribution in [-0.2, 0) is 4.79 Å². The lowest BCUT2D eigenvalue weighted by atomic mass is 10.0. The quantitative estimate of drug-likeness (QED) is 0.720. The third kappa shape index (κ3) is 3.12. The summed E-state index contributed by atoms with van der Waals surface area (Å²) < 4.78 is 0. The number of unbranched alkanes of at least 4 members (excludes halogenated alkanes) is 2. The fourth-order valence-electron chi connectivity index (χ4n) is 1.73. The first-order valence-electron chi connectivity index (χ1n) is 5.79. The Labute approximate surface area is 96.0 Å². The Bertz CT molecular complexity index is 262. The molecule has 1 N–H and O–H groups in total. The van der Waals surface area contributed by atoms with Gasteiger partial charge in [0.15, 0.2) is 0 Å². The van der Waals surface area contributed by atoms with Gasteiger partial charge in [0.05, 0.1) is 5.92 Å². The number of carbonyl (C=O) groups excluding carboxylic acids is 1. The molecule has 0 aromatic carbocycles. The molecule has 0 radical (unpaired) electrons. The molecule has 5 nitrogen and oxygen atoms in total. The minimum absolute atomic E-state index is 0.0476. The van der Waals surface area contributed by atoms with Crippen LogP contribution in [0.25, 0.3) is 0 Å². The van der Waals surface area contributed by atoms with Gasteiger partial charge in [-0.15, -0.1) is 0 Å². The smallest absolute Gasteiger partial charge is 0.319 e. The first-order chi connectivity index (χ1) is 7.56. The van der Waals surface area contributed by atoms with Gasteiger partial charge in [-0.1, -0.05) is 19.8 Å². The molecule has 1 saturated heterocycles. The molecule has 0 aromatic heterocycles. The third-order valence-corrected chi connectivity index (χ3v) is 2.92. The van der Waals surface area contributed by atoms with Crippen LogP contribution in [0.15, 0.2) is 0 Å². The highest BCUT2D eigenvalue weighted by Gasteiger charge is 2.36. The second kappa shape index (κ2) is 5.72.